The fourth-order valence-electron chi connectivity index (χ4n) is 4.32. The molecule has 0 bridgehead atoms. The van der Waals surface area contributed by atoms with E-state index in [1.165, 1.54) is 6.08 Å². The predicted molar refractivity (Wildman–Crippen MR) is 138 cm³/mol. The molecule has 0 aliphatic carbocycles. The molecule has 0 unspecified atom stereocenters. The number of H-pyrrole nitrogens is 1. The van der Waals surface area contributed by atoms with Gasteiger partial charge in [0.15, 0.2) is 0 Å². The maximum Gasteiger partial charge on any atom is 0.255 e. The minimum atomic E-state index is -3.66. The van der Waals surface area contributed by atoms with Crippen LogP contribution in [-0.2, 0) is 10.0 Å². The molecule has 0 spiro atoms. The third-order valence-corrected chi connectivity index (χ3v) is 7.22. The van der Waals surface area contributed by atoms with Crippen LogP contribution in [0.3, 0.4) is 0 Å². The zero-order chi connectivity index (χ0) is 24.3. The number of hydrogen-bond acceptors (Lipinski definition) is 4. The maximum absolute atomic E-state index is 13.0. The van der Waals surface area contributed by atoms with Gasteiger partial charge >= 0.3 is 0 Å². The molecule has 7 nitrogen and oxygen atoms in total. The molecule has 2 heterocycles. The van der Waals surface area contributed by atoms with E-state index in [-0.39, 0.29) is 5.91 Å². The number of fused-ring (bicyclic) bond motifs is 1. The van der Waals surface area contributed by atoms with Crippen LogP contribution in [0.25, 0.3) is 17.1 Å². The number of piperidine rings is 1. The number of benzene rings is 3. The first kappa shape index (κ1) is 22.9. The molecule has 8 heteroatoms. The summed E-state index contributed by atoms with van der Waals surface area (Å²) in [7, 11) is -3.66. The molecule has 1 aromatic heterocycles. The third kappa shape index (κ3) is 5.44. The van der Waals surface area contributed by atoms with Crippen LogP contribution in [0, 0.1) is 0 Å². The molecule has 1 amide bonds. The number of carbonyl (C=O) groups excluding carboxylic acids is 1. The van der Waals surface area contributed by atoms with Crippen LogP contribution in [0.5, 0.6) is 0 Å². The molecule has 178 valence electrons. The lowest BCUT2D eigenvalue weighted by Gasteiger charge is -2.31. The highest BCUT2D eigenvalue weighted by atomic mass is 32.2. The van der Waals surface area contributed by atoms with E-state index in [1.54, 1.807) is 24.3 Å². The van der Waals surface area contributed by atoms with Gasteiger partial charge in [-0.15, -0.1) is 0 Å². The molecule has 1 aliphatic heterocycles. The SMILES string of the molecule is O=C(c1ccc(NS(=O)(=O)/C=C/c2ccccc2)cc1)N1CCC(c2nc3ccccc3[nH]2)CC1. The Morgan fingerprint density at radius 1 is 0.943 bits per heavy atom. The number of carbonyl (C=O) groups is 1. The Bertz CT molecular complexity index is 1420. The number of sulfonamides is 1. The molecular formula is C27H26N4O3S. The van der Waals surface area contributed by atoms with Gasteiger partial charge < -0.3 is 9.88 Å². The van der Waals surface area contributed by atoms with Gasteiger partial charge in [-0.1, -0.05) is 42.5 Å². The van der Waals surface area contributed by atoms with Crippen molar-refractivity contribution in [3.05, 3.63) is 101 Å². The Hall–Kier alpha value is -3.91. The average molecular weight is 487 g/mol. The number of nitrogens with one attached hydrogen (secondary N) is 2. The highest BCUT2D eigenvalue weighted by molar-refractivity contribution is 7.95. The highest BCUT2D eigenvalue weighted by Gasteiger charge is 2.26. The molecule has 5 rings (SSSR count). The van der Waals surface area contributed by atoms with Crippen molar-refractivity contribution in [1.82, 2.24) is 14.9 Å². The number of hydrogen-bond donors (Lipinski definition) is 2. The second-order valence-corrected chi connectivity index (χ2v) is 10.2. The van der Waals surface area contributed by atoms with Crippen LogP contribution in [0.1, 0.15) is 40.5 Å². The quantitative estimate of drug-likeness (QED) is 0.401. The van der Waals surface area contributed by atoms with E-state index in [4.69, 9.17) is 4.98 Å². The topological polar surface area (TPSA) is 95.2 Å². The van der Waals surface area contributed by atoms with Gasteiger partial charge in [-0.2, -0.15) is 0 Å². The molecule has 35 heavy (non-hydrogen) atoms. The molecule has 2 N–H and O–H groups in total. The van der Waals surface area contributed by atoms with Crippen molar-refractivity contribution in [3.8, 4) is 0 Å². The Balaban J connectivity index is 1.18. The van der Waals surface area contributed by atoms with E-state index in [2.05, 4.69) is 9.71 Å². The lowest BCUT2D eigenvalue weighted by atomic mass is 9.95. The van der Waals surface area contributed by atoms with Crippen molar-refractivity contribution in [2.24, 2.45) is 0 Å². The van der Waals surface area contributed by atoms with Crippen LogP contribution in [0.4, 0.5) is 5.69 Å². The first-order chi connectivity index (χ1) is 17.0. The first-order valence-corrected chi connectivity index (χ1v) is 13.1. The van der Waals surface area contributed by atoms with E-state index in [0.29, 0.717) is 30.3 Å². The maximum atomic E-state index is 13.0. The minimum absolute atomic E-state index is 0.0496. The number of rotatable bonds is 6. The van der Waals surface area contributed by atoms with Crippen molar-refractivity contribution in [1.29, 1.82) is 0 Å². The molecule has 0 atom stereocenters. The number of amides is 1. The lowest BCUT2D eigenvalue weighted by molar-refractivity contribution is 0.0711. The molecule has 0 radical (unpaired) electrons. The van der Waals surface area contributed by atoms with Crippen molar-refractivity contribution in [3.63, 3.8) is 0 Å². The minimum Gasteiger partial charge on any atom is -0.342 e. The summed E-state index contributed by atoms with van der Waals surface area (Å²) in [6.07, 6.45) is 3.23. The first-order valence-electron chi connectivity index (χ1n) is 11.6. The summed E-state index contributed by atoms with van der Waals surface area (Å²) in [4.78, 5) is 23.0. The third-order valence-electron chi connectivity index (χ3n) is 6.21. The largest absolute Gasteiger partial charge is 0.342 e. The van der Waals surface area contributed by atoms with Gasteiger partial charge in [-0.3, -0.25) is 9.52 Å². The molecule has 1 saturated heterocycles. The number of nitrogens with zero attached hydrogens (tertiary/aromatic N) is 2. The molecule has 3 aromatic carbocycles. The van der Waals surface area contributed by atoms with E-state index >= 15 is 0 Å². The van der Waals surface area contributed by atoms with Gasteiger partial charge in [0.25, 0.3) is 15.9 Å². The van der Waals surface area contributed by atoms with E-state index in [0.717, 1.165) is 40.7 Å². The van der Waals surface area contributed by atoms with Gasteiger partial charge in [-0.25, -0.2) is 13.4 Å². The van der Waals surface area contributed by atoms with E-state index in [9.17, 15) is 13.2 Å². The summed E-state index contributed by atoms with van der Waals surface area (Å²) in [5.74, 6) is 1.23. The van der Waals surface area contributed by atoms with Crippen molar-refractivity contribution in [2.45, 2.75) is 18.8 Å². The van der Waals surface area contributed by atoms with Gasteiger partial charge in [0.05, 0.1) is 16.4 Å². The number of aromatic amines is 1. The normalized spacial score (nSPS) is 15.0. The Kier molecular flexibility index (Phi) is 6.37. The highest BCUT2D eigenvalue weighted by Crippen LogP contribution is 2.28. The fourth-order valence-corrected chi connectivity index (χ4v) is 5.18. The van der Waals surface area contributed by atoms with Crippen molar-refractivity contribution in [2.75, 3.05) is 17.8 Å². The van der Waals surface area contributed by atoms with Crippen LogP contribution < -0.4 is 4.72 Å². The summed E-state index contributed by atoms with van der Waals surface area (Å²) in [5, 5.41) is 1.13. The van der Waals surface area contributed by atoms with Gasteiger partial charge in [0.1, 0.15) is 5.82 Å². The average Bonchev–Trinajstić information content (AvgIpc) is 3.33. The number of likely N-dealkylation sites (tertiary alicyclic amines) is 1. The summed E-state index contributed by atoms with van der Waals surface area (Å²) < 4.78 is 27.2. The molecular weight excluding hydrogens is 460 g/mol. The van der Waals surface area contributed by atoms with Crippen LogP contribution >= 0.6 is 0 Å². The number of imidazole rings is 1. The molecule has 1 fully saturated rings. The van der Waals surface area contributed by atoms with Gasteiger partial charge in [0, 0.05) is 30.3 Å². The summed E-state index contributed by atoms with van der Waals surface area (Å²) >= 11 is 0. The van der Waals surface area contributed by atoms with Crippen molar-refractivity contribution < 1.29 is 13.2 Å². The fraction of sp³-hybridized carbons (Fsp3) is 0.185. The second-order valence-electron chi connectivity index (χ2n) is 8.64. The number of aromatic nitrogens is 2. The monoisotopic (exact) mass is 486 g/mol. The Morgan fingerprint density at radius 2 is 1.63 bits per heavy atom. The zero-order valence-corrected chi connectivity index (χ0v) is 19.9. The van der Waals surface area contributed by atoms with Gasteiger partial charge in [0.2, 0.25) is 0 Å². The van der Waals surface area contributed by atoms with Crippen LogP contribution in [-0.4, -0.2) is 42.3 Å². The smallest absolute Gasteiger partial charge is 0.255 e. The van der Waals surface area contributed by atoms with E-state index < -0.39 is 10.0 Å². The second kappa shape index (κ2) is 9.76. The van der Waals surface area contributed by atoms with Crippen molar-refractivity contribution >= 4 is 38.7 Å². The summed E-state index contributed by atoms with van der Waals surface area (Å²) in [5.41, 5.74) is 3.74. The number of anilines is 1. The standard InChI is InChI=1S/C27H26N4O3S/c32-27(31-17-14-21(15-18-31)26-28-24-8-4-5-9-25(24)29-26)22-10-12-23(13-11-22)30-35(33,34)19-16-20-6-2-1-3-7-20/h1-13,16,19,21,30H,14-15,17-18H2,(H,28,29)/b19-16+. The molecule has 4 aromatic rings. The predicted octanol–water partition coefficient (Wildman–Crippen LogP) is 5.00. The Labute approximate surface area is 204 Å². The Morgan fingerprint density at radius 3 is 2.34 bits per heavy atom. The molecule has 0 saturated carbocycles. The number of para-hydroxylation sites is 2. The van der Waals surface area contributed by atoms with Crippen LogP contribution in [0.2, 0.25) is 0 Å². The summed E-state index contributed by atoms with van der Waals surface area (Å²) in [6, 6.07) is 23.7. The van der Waals surface area contributed by atoms with Gasteiger partial charge in [-0.05, 0) is 60.9 Å². The lowest BCUT2D eigenvalue weighted by Crippen LogP contribution is -2.38. The van der Waals surface area contributed by atoms with E-state index in [1.807, 2.05) is 59.5 Å². The summed E-state index contributed by atoms with van der Waals surface area (Å²) in [6.45, 7) is 1.30. The van der Waals surface area contributed by atoms with Crippen LogP contribution in [0.15, 0.2) is 84.3 Å². The zero-order valence-electron chi connectivity index (χ0n) is 19.1. The molecule has 1 aliphatic rings.